The normalized spacial score (nSPS) is 11.0. The number of benzene rings is 1. The standard InChI is InChI=1S/C14H16N4O2S/c1-8-13(21-7-16-8)6-18-10-5-12(20-3)11(19-2)4-9(10)17-14(18)15/h4-5,7H,6H2,1-3H3,(H2,15,17). The largest absolute Gasteiger partial charge is 0.493 e. The molecule has 3 rings (SSSR count). The smallest absolute Gasteiger partial charge is 0.201 e. The molecule has 0 bridgehead atoms. The van der Waals surface area contributed by atoms with E-state index in [1.54, 1.807) is 25.6 Å². The summed E-state index contributed by atoms with van der Waals surface area (Å²) in [5.41, 5.74) is 10.6. The zero-order chi connectivity index (χ0) is 15.0. The summed E-state index contributed by atoms with van der Waals surface area (Å²) in [6.07, 6.45) is 0. The Morgan fingerprint density at radius 1 is 1.24 bits per heavy atom. The molecule has 7 heteroatoms. The molecule has 2 N–H and O–H groups in total. The third-order valence-electron chi connectivity index (χ3n) is 3.43. The second-order valence-corrected chi connectivity index (χ2v) is 5.55. The lowest BCUT2D eigenvalue weighted by atomic mass is 10.2. The molecule has 0 aliphatic heterocycles. The van der Waals surface area contributed by atoms with Gasteiger partial charge >= 0.3 is 0 Å². The van der Waals surface area contributed by atoms with Crippen LogP contribution in [-0.2, 0) is 6.54 Å². The van der Waals surface area contributed by atoms with Crippen LogP contribution >= 0.6 is 11.3 Å². The number of rotatable bonds is 4. The Morgan fingerprint density at radius 3 is 2.57 bits per heavy atom. The lowest BCUT2D eigenvalue weighted by molar-refractivity contribution is 0.355. The van der Waals surface area contributed by atoms with Crippen molar-refractivity contribution < 1.29 is 9.47 Å². The fourth-order valence-corrected chi connectivity index (χ4v) is 3.02. The summed E-state index contributed by atoms with van der Waals surface area (Å²) in [5.74, 6) is 1.77. The van der Waals surface area contributed by atoms with Crippen LogP contribution in [0.1, 0.15) is 10.6 Å². The maximum atomic E-state index is 6.06. The van der Waals surface area contributed by atoms with Crippen molar-refractivity contribution in [2.45, 2.75) is 13.5 Å². The average Bonchev–Trinajstić information content (AvgIpc) is 3.02. The molecular weight excluding hydrogens is 288 g/mol. The van der Waals surface area contributed by atoms with Crippen molar-refractivity contribution in [1.82, 2.24) is 14.5 Å². The lowest BCUT2D eigenvalue weighted by Gasteiger charge is -2.09. The number of aryl methyl sites for hydroxylation is 1. The van der Waals surface area contributed by atoms with Crippen molar-refractivity contribution in [3.63, 3.8) is 0 Å². The van der Waals surface area contributed by atoms with Crippen molar-refractivity contribution in [2.24, 2.45) is 0 Å². The molecule has 0 aliphatic rings. The van der Waals surface area contributed by atoms with E-state index in [9.17, 15) is 0 Å². The third kappa shape index (κ3) is 2.29. The number of ether oxygens (including phenoxy) is 2. The monoisotopic (exact) mass is 304 g/mol. The number of hydrogen-bond donors (Lipinski definition) is 1. The Balaban J connectivity index is 2.14. The highest BCUT2D eigenvalue weighted by Gasteiger charge is 2.15. The van der Waals surface area contributed by atoms with Crippen LogP contribution in [0.3, 0.4) is 0 Å². The number of methoxy groups -OCH3 is 2. The van der Waals surface area contributed by atoms with Crippen molar-refractivity contribution in [3.05, 3.63) is 28.2 Å². The number of nitrogen functional groups attached to an aromatic ring is 1. The molecule has 2 heterocycles. The summed E-state index contributed by atoms with van der Waals surface area (Å²) in [4.78, 5) is 9.83. The van der Waals surface area contributed by atoms with Gasteiger partial charge in [0.2, 0.25) is 5.95 Å². The van der Waals surface area contributed by atoms with E-state index in [0.717, 1.165) is 21.6 Å². The molecule has 0 spiro atoms. The van der Waals surface area contributed by atoms with E-state index >= 15 is 0 Å². The zero-order valence-electron chi connectivity index (χ0n) is 12.1. The summed E-state index contributed by atoms with van der Waals surface area (Å²) in [5, 5.41) is 0. The van der Waals surface area contributed by atoms with Gasteiger partial charge in [-0.15, -0.1) is 11.3 Å². The van der Waals surface area contributed by atoms with Crippen LogP contribution in [0.5, 0.6) is 11.5 Å². The van der Waals surface area contributed by atoms with Gasteiger partial charge in [-0.1, -0.05) is 0 Å². The first-order valence-electron chi connectivity index (χ1n) is 6.40. The van der Waals surface area contributed by atoms with E-state index in [-0.39, 0.29) is 0 Å². The van der Waals surface area contributed by atoms with Crippen LogP contribution in [0.2, 0.25) is 0 Å². The molecule has 0 saturated heterocycles. The predicted molar refractivity (Wildman–Crippen MR) is 83.2 cm³/mol. The van der Waals surface area contributed by atoms with Crippen LogP contribution in [0.25, 0.3) is 11.0 Å². The van der Waals surface area contributed by atoms with Gasteiger partial charge in [-0.3, -0.25) is 0 Å². The van der Waals surface area contributed by atoms with Crippen molar-refractivity contribution in [3.8, 4) is 11.5 Å². The fourth-order valence-electron chi connectivity index (χ4n) is 2.26. The molecule has 0 saturated carbocycles. The number of hydrogen-bond acceptors (Lipinski definition) is 6. The van der Waals surface area contributed by atoms with E-state index in [1.807, 2.05) is 29.1 Å². The van der Waals surface area contributed by atoms with Crippen LogP contribution in [0.4, 0.5) is 5.95 Å². The summed E-state index contributed by atoms with van der Waals surface area (Å²) in [6.45, 7) is 2.64. The molecule has 3 aromatic rings. The van der Waals surface area contributed by atoms with Gasteiger partial charge in [0.05, 0.1) is 43.0 Å². The summed E-state index contributed by atoms with van der Waals surface area (Å²) >= 11 is 1.61. The quantitative estimate of drug-likeness (QED) is 0.801. The van der Waals surface area contributed by atoms with Gasteiger partial charge in [-0.05, 0) is 6.92 Å². The molecule has 21 heavy (non-hydrogen) atoms. The topological polar surface area (TPSA) is 75.2 Å². The van der Waals surface area contributed by atoms with Gasteiger partial charge in [-0.2, -0.15) is 0 Å². The Kier molecular flexibility index (Phi) is 3.42. The minimum atomic E-state index is 0.466. The zero-order valence-corrected chi connectivity index (χ0v) is 12.9. The van der Waals surface area contributed by atoms with Gasteiger partial charge in [-0.25, -0.2) is 9.97 Å². The van der Waals surface area contributed by atoms with Gasteiger partial charge in [0.1, 0.15) is 0 Å². The molecule has 0 unspecified atom stereocenters. The number of aromatic nitrogens is 3. The van der Waals surface area contributed by atoms with Crippen molar-refractivity contribution in [1.29, 1.82) is 0 Å². The molecular formula is C14H16N4O2S. The predicted octanol–water partition coefficient (Wildman–Crippen LogP) is 2.45. The van der Waals surface area contributed by atoms with Crippen LogP contribution in [0, 0.1) is 6.92 Å². The second-order valence-electron chi connectivity index (χ2n) is 4.61. The number of thiazole rings is 1. The lowest BCUT2D eigenvalue weighted by Crippen LogP contribution is -2.04. The van der Waals surface area contributed by atoms with Crippen LogP contribution < -0.4 is 15.2 Å². The highest BCUT2D eigenvalue weighted by molar-refractivity contribution is 7.09. The maximum Gasteiger partial charge on any atom is 0.201 e. The van der Waals surface area contributed by atoms with E-state index in [0.29, 0.717) is 24.0 Å². The Hall–Kier alpha value is -2.28. The van der Waals surface area contributed by atoms with Gasteiger partial charge in [0.25, 0.3) is 0 Å². The molecule has 6 nitrogen and oxygen atoms in total. The van der Waals surface area contributed by atoms with E-state index in [4.69, 9.17) is 15.2 Å². The highest BCUT2D eigenvalue weighted by atomic mass is 32.1. The SMILES string of the molecule is COc1cc2nc(N)n(Cc3scnc3C)c2cc1OC. The third-order valence-corrected chi connectivity index (χ3v) is 4.35. The minimum absolute atomic E-state index is 0.466. The molecule has 110 valence electrons. The fraction of sp³-hybridized carbons (Fsp3) is 0.286. The first kappa shape index (κ1) is 13.7. The molecule has 0 aliphatic carbocycles. The molecule has 2 aromatic heterocycles. The van der Waals surface area contributed by atoms with Gasteiger partial charge in [0.15, 0.2) is 11.5 Å². The van der Waals surface area contributed by atoms with Gasteiger partial charge < -0.3 is 19.8 Å². The van der Waals surface area contributed by atoms with Crippen molar-refractivity contribution in [2.75, 3.05) is 20.0 Å². The van der Waals surface area contributed by atoms with E-state index in [1.165, 1.54) is 0 Å². The van der Waals surface area contributed by atoms with Crippen LogP contribution in [-0.4, -0.2) is 28.8 Å². The molecule has 0 fully saturated rings. The highest BCUT2D eigenvalue weighted by Crippen LogP contribution is 2.33. The van der Waals surface area contributed by atoms with E-state index in [2.05, 4.69) is 9.97 Å². The summed E-state index contributed by atoms with van der Waals surface area (Å²) in [7, 11) is 3.21. The first-order chi connectivity index (χ1) is 10.1. The molecule has 0 atom stereocenters. The Morgan fingerprint density at radius 2 is 1.95 bits per heavy atom. The summed E-state index contributed by atoms with van der Waals surface area (Å²) in [6, 6.07) is 3.73. The average molecular weight is 304 g/mol. The number of imidazole rings is 1. The Labute approximate surface area is 126 Å². The number of anilines is 1. The maximum absolute atomic E-state index is 6.06. The first-order valence-corrected chi connectivity index (χ1v) is 7.28. The number of nitrogens with zero attached hydrogens (tertiary/aromatic N) is 3. The van der Waals surface area contributed by atoms with E-state index < -0.39 is 0 Å². The Bertz CT molecular complexity index is 794. The van der Waals surface area contributed by atoms with Crippen LogP contribution in [0.15, 0.2) is 17.6 Å². The summed E-state index contributed by atoms with van der Waals surface area (Å²) < 4.78 is 12.6. The second kappa shape index (κ2) is 5.25. The van der Waals surface area contributed by atoms with Gasteiger partial charge in [0, 0.05) is 17.0 Å². The molecule has 1 aromatic carbocycles. The number of nitrogens with two attached hydrogens (primary N) is 1. The minimum Gasteiger partial charge on any atom is -0.493 e. The van der Waals surface area contributed by atoms with Crippen molar-refractivity contribution >= 4 is 28.3 Å². The molecule has 0 amide bonds. The number of fused-ring (bicyclic) bond motifs is 1. The molecule has 0 radical (unpaired) electrons.